The molecular weight excluding hydrogens is 961 g/mol. The van der Waals surface area contributed by atoms with Gasteiger partial charge in [0.15, 0.2) is 0 Å². The van der Waals surface area contributed by atoms with Crippen LogP contribution >= 0.6 is 0 Å². The molecule has 0 heterocycles. The fraction of sp³-hybridized carbons (Fsp3) is 0.400. The van der Waals surface area contributed by atoms with Crippen LogP contribution in [0.15, 0.2) is 170 Å². The Morgan fingerprint density at radius 1 is 0.237 bits per heavy atom. The van der Waals surface area contributed by atoms with Crippen LogP contribution in [-0.2, 0) is 36.5 Å². The average molecular weight is 1060 g/mol. The van der Waals surface area contributed by atoms with Crippen LogP contribution < -0.4 is 0 Å². The molecule has 0 aromatic heterocycles. The number of fused-ring (bicyclic) bond motifs is 6. The van der Waals surface area contributed by atoms with Crippen LogP contribution in [-0.4, -0.2) is 0 Å². The summed E-state index contributed by atoms with van der Waals surface area (Å²) in [4.78, 5) is 0. The minimum Gasteiger partial charge on any atom is -0.0654 e. The van der Waals surface area contributed by atoms with Crippen molar-refractivity contribution in [2.45, 2.75) is 206 Å². The topological polar surface area (TPSA) is 0 Å². The molecule has 0 amide bonds. The van der Waals surface area contributed by atoms with Gasteiger partial charge in [0.1, 0.15) is 0 Å². The lowest BCUT2D eigenvalue weighted by Crippen LogP contribution is -2.29. The van der Waals surface area contributed by atoms with Crippen molar-refractivity contribution in [2.75, 3.05) is 0 Å². The molecule has 8 aromatic rings. The summed E-state index contributed by atoms with van der Waals surface area (Å²) in [6.45, 7) is 13.8. The van der Waals surface area contributed by atoms with Crippen molar-refractivity contribution >= 4 is 0 Å². The van der Waals surface area contributed by atoms with Crippen LogP contribution in [0.2, 0.25) is 0 Å². The fourth-order valence-electron chi connectivity index (χ4n) is 14.2. The van der Waals surface area contributed by atoms with Gasteiger partial charge in [0.2, 0.25) is 0 Å². The quantitative estimate of drug-likeness (QED) is 0.0410. The van der Waals surface area contributed by atoms with Crippen molar-refractivity contribution in [3.05, 3.63) is 248 Å². The number of hydrogen-bond acceptors (Lipinski definition) is 0. The van der Waals surface area contributed by atoms with E-state index < -0.39 is 10.8 Å². The van der Waals surface area contributed by atoms with Crippen molar-refractivity contribution in [1.82, 2.24) is 0 Å². The number of aryl methyl sites for hydroxylation is 6. The number of benzene rings is 8. The first-order valence-corrected chi connectivity index (χ1v) is 32.2. The summed E-state index contributed by atoms with van der Waals surface area (Å²) in [6.07, 6.45) is 30.6. The van der Waals surface area contributed by atoms with Gasteiger partial charge in [-0.1, -0.05) is 299 Å². The summed E-state index contributed by atoms with van der Waals surface area (Å²) in [7, 11) is 0. The lowest BCUT2D eigenvalue weighted by Gasteiger charge is -2.35. The molecule has 2 aliphatic carbocycles. The Kier molecular flexibility index (Phi) is 19.3. The lowest BCUT2D eigenvalue weighted by atomic mass is 9.66. The minimum atomic E-state index is -0.491. The zero-order valence-corrected chi connectivity index (χ0v) is 50.1. The first-order valence-electron chi connectivity index (χ1n) is 32.2. The average Bonchev–Trinajstić information content (AvgIpc) is 2.64. The lowest BCUT2D eigenvalue weighted by molar-refractivity contribution is 0.607. The second-order valence-electron chi connectivity index (χ2n) is 24.6. The van der Waals surface area contributed by atoms with Crippen LogP contribution in [0.1, 0.15) is 234 Å². The Bertz CT molecular complexity index is 3140. The van der Waals surface area contributed by atoms with Crippen molar-refractivity contribution in [2.24, 2.45) is 0 Å². The zero-order chi connectivity index (χ0) is 55.3. The van der Waals surface area contributed by atoms with Gasteiger partial charge in [0.05, 0.1) is 10.8 Å². The van der Waals surface area contributed by atoms with E-state index in [1.807, 2.05) is 0 Å². The maximum atomic E-state index is 2.61. The molecule has 0 radical (unpaired) electrons. The van der Waals surface area contributed by atoms with E-state index in [-0.39, 0.29) is 0 Å². The van der Waals surface area contributed by atoms with Crippen molar-refractivity contribution < 1.29 is 0 Å². The van der Waals surface area contributed by atoms with Gasteiger partial charge in [0, 0.05) is 0 Å². The summed E-state index contributed by atoms with van der Waals surface area (Å²) >= 11 is 0. The first-order chi connectivity index (χ1) is 39.3. The smallest absolute Gasteiger partial charge is 0.0654 e. The van der Waals surface area contributed by atoms with E-state index in [0.29, 0.717) is 0 Å². The third-order valence-electron chi connectivity index (χ3n) is 18.7. The van der Waals surface area contributed by atoms with E-state index in [4.69, 9.17) is 0 Å². The standard InChI is InChI=1S/C80H94/c1-7-11-15-19-21-25-29-63-37-47-69(48-38-63)80(70-49-39-64(40-50-70)30-26-22-20-16-12-8-2)76-56-60(6)32-52-72(76)74-54-42-66(58-78(74)80)65-41-53-73-71-51-31-59(5)55-75(71)79(77(73)57-65,67-43-33-61(34-44-67)27-23-17-13-9-3)68-45-35-62(36-46-68)28-24-18-14-10-4/h31-58H,7-30H2,1-6H3. The van der Waals surface area contributed by atoms with Gasteiger partial charge in [-0.2, -0.15) is 0 Å². The third-order valence-corrected chi connectivity index (χ3v) is 18.7. The Balaban J connectivity index is 1.11. The van der Waals surface area contributed by atoms with Gasteiger partial charge in [-0.3, -0.25) is 0 Å². The molecule has 0 nitrogen and oxygen atoms in total. The molecule has 0 bridgehead atoms. The first kappa shape index (κ1) is 57.0. The molecule has 0 heteroatoms. The molecule has 2 aliphatic rings. The monoisotopic (exact) mass is 1050 g/mol. The molecule has 0 atom stereocenters. The maximum Gasteiger partial charge on any atom is 0.0713 e. The molecule has 0 spiro atoms. The highest BCUT2D eigenvalue weighted by atomic mass is 14.5. The second kappa shape index (κ2) is 27.0. The predicted octanol–water partition coefficient (Wildman–Crippen LogP) is 22.7. The molecule has 80 heavy (non-hydrogen) atoms. The highest BCUT2D eigenvalue weighted by Crippen LogP contribution is 2.59. The molecule has 10 rings (SSSR count). The Morgan fingerprint density at radius 2 is 0.475 bits per heavy atom. The van der Waals surface area contributed by atoms with Gasteiger partial charge in [-0.05, 0) is 177 Å². The Hall–Kier alpha value is -6.24. The minimum absolute atomic E-state index is 0.489. The number of unbranched alkanes of at least 4 members (excludes halogenated alkanes) is 16. The van der Waals surface area contributed by atoms with E-state index in [1.165, 1.54) is 240 Å². The van der Waals surface area contributed by atoms with E-state index in [0.717, 1.165) is 25.7 Å². The van der Waals surface area contributed by atoms with Crippen molar-refractivity contribution in [1.29, 1.82) is 0 Å². The number of hydrogen-bond donors (Lipinski definition) is 0. The summed E-state index contributed by atoms with van der Waals surface area (Å²) in [5.41, 5.74) is 26.3. The van der Waals surface area contributed by atoms with Gasteiger partial charge in [-0.25, -0.2) is 0 Å². The molecule has 0 saturated carbocycles. The molecule has 0 fully saturated rings. The van der Waals surface area contributed by atoms with E-state index >= 15 is 0 Å². The molecule has 0 saturated heterocycles. The van der Waals surface area contributed by atoms with E-state index in [9.17, 15) is 0 Å². The Morgan fingerprint density at radius 3 is 0.762 bits per heavy atom. The van der Waals surface area contributed by atoms with Gasteiger partial charge in [0.25, 0.3) is 0 Å². The van der Waals surface area contributed by atoms with Gasteiger partial charge in [-0.15, -0.1) is 0 Å². The van der Waals surface area contributed by atoms with Crippen molar-refractivity contribution in [3.63, 3.8) is 0 Å². The van der Waals surface area contributed by atoms with Crippen LogP contribution in [0.4, 0.5) is 0 Å². The van der Waals surface area contributed by atoms with Crippen molar-refractivity contribution in [3.8, 4) is 33.4 Å². The summed E-state index contributed by atoms with van der Waals surface area (Å²) < 4.78 is 0. The van der Waals surface area contributed by atoms with Gasteiger partial charge >= 0.3 is 0 Å². The fourth-order valence-corrected chi connectivity index (χ4v) is 14.2. The van der Waals surface area contributed by atoms with E-state index in [1.54, 1.807) is 0 Å². The van der Waals surface area contributed by atoms with E-state index in [2.05, 4.69) is 211 Å². The van der Waals surface area contributed by atoms with Gasteiger partial charge < -0.3 is 0 Å². The summed E-state index contributed by atoms with van der Waals surface area (Å²) in [6, 6.07) is 69.1. The highest BCUT2D eigenvalue weighted by molar-refractivity contribution is 5.91. The third kappa shape index (κ3) is 11.9. The second-order valence-corrected chi connectivity index (χ2v) is 24.6. The summed E-state index contributed by atoms with van der Waals surface area (Å²) in [5.74, 6) is 0. The molecule has 0 unspecified atom stereocenters. The highest BCUT2D eigenvalue weighted by Gasteiger charge is 2.48. The summed E-state index contributed by atoms with van der Waals surface area (Å²) in [5, 5.41) is 0. The molecule has 414 valence electrons. The molecular formula is C80H94. The number of rotatable bonds is 29. The van der Waals surface area contributed by atoms with Crippen LogP contribution in [0.5, 0.6) is 0 Å². The predicted molar refractivity (Wildman–Crippen MR) is 346 cm³/mol. The Labute approximate surface area is 484 Å². The maximum absolute atomic E-state index is 2.61. The van der Waals surface area contributed by atoms with Crippen LogP contribution in [0.25, 0.3) is 33.4 Å². The SMILES string of the molecule is CCCCCCCCc1ccc(C2(c3ccc(CCCCCCCC)cc3)c3cc(C)ccc3-c3ccc(-c4ccc5c(c4)C(c4ccc(CCCCCC)cc4)(c4ccc(CCCCCC)cc4)c4cc(C)ccc4-5)cc32)cc1. The molecule has 0 aliphatic heterocycles. The molecule has 0 N–H and O–H groups in total. The van der Waals surface area contributed by atoms with Crippen LogP contribution in [0, 0.1) is 13.8 Å². The molecule has 8 aromatic carbocycles. The van der Waals surface area contributed by atoms with Crippen LogP contribution in [0.3, 0.4) is 0 Å². The zero-order valence-electron chi connectivity index (χ0n) is 50.1. The normalized spacial score (nSPS) is 13.5. The largest absolute Gasteiger partial charge is 0.0713 e.